The van der Waals surface area contributed by atoms with E-state index in [1.165, 1.54) is 24.3 Å². The van der Waals surface area contributed by atoms with E-state index in [0.29, 0.717) is 22.4 Å². The molecule has 0 amide bonds. The number of benzene rings is 2. The maximum atomic E-state index is 13.3. The Labute approximate surface area is 124 Å². The summed E-state index contributed by atoms with van der Waals surface area (Å²) in [6, 6.07) is 10.2. The van der Waals surface area contributed by atoms with Gasteiger partial charge in [-0.3, -0.25) is 5.10 Å². The Morgan fingerprint density at radius 1 is 1.00 bits per heavy atom. The molecule has 106 valence electrons. The standard InChI is InChI=1S/C15H10ClF2N3/c16-11-7-9(3-6-12(11)18)14-13(15(19)21-20-14)8-1-4-10(17)5-2-8/h1-7H,(H3,19,20,21). The number of anilines is 1. The third-order valence-corrected chi connectivity index (χ3v) is 3.43. The maximum Gasteiger partial charge on any atom is 0.153 e. The second kappa shape index (κ2) is 5.18. The van der Waals surface area contributed by atoms with Crippen LogP contribution in [0.4, 0.5) is 14.6 Å². The van der Waals surface area contributed by atoms with E-state index in [9.17, 15) is 8.78 Å². The van der Waals surface area contributed by atoms with Crippen molar-refractivity contribution in [1.82, 2.24) is 10.2 Å². The Balaban J connectivity index is 2.16. The van der Waals surface area contributed by atoms with E-state index in [-0.39, 0.29) is 16.7 Å². The van der Waals surface area contributed by atoms with Crippen LogP contribution in [0.5, 0.6) is 0 Å². The highest BCUT2D eigenvalue weighted by Crippen LogP contribution is 2.35. The van der Waals surface area contributed by atoms with Crippen LogP contribution in [0.3, 0.4) is 0 Å². The molecule has 0 spiro atoms. The first-order chi connectivity index (χ1) is 10.1. The lowest BCUT2D eigenvalue weighted by Crippen LogP contribution is -1.89. The molecule has 0 unspecified atom stereocenters. The van der Waals surface area contributed by atoms with Crippen molar-refractivity contribution in [2.45, 2.75) is 0 Å². The molecule has 0 aliphatic carbocycles. The maximum absolute atomic E-state index is 13.3. The third kappa shape index (κ3) is 2.48. The molecule has 21 heavy (non-hydrogen) atoms. The fourth-order valence-corrected chi connectivity index (χ4v) is 2.31. The minimum atomic E-state index is -0.503. The van der Waals surface area contributed by atoms with Crippen LogP contribution in [-0.2, 0) is 0 Å². The third-order valence-electron chi connectivity index (χ3n) is 3.14. The summed E-state index contributed by atoms with van der Waals surface area (Å²) in [5.74, 6) is -0.569. The van der Waals surface area contributed by atoms with Gasteiger partial charge >= 0.3 is 0 Å². The number of hydrogen-bond acceptors (Lipinski definition) is 2. The summed E-state index contributed by atoms with van der Waals surface area (Å²) in [7, 11) is 0. The molecule has 3 N–H and O–H groups in total. The van der Waals surface area contributed by atoms with Crippen LogP contribution < -0.4 is 5.73 Å². The molecule has 3 aromatic rings. The lowest BCUT2D eigenvalue weighted by Gasteiger charge is -2.06. The number of nitrogen functional groups attached to an aromatic ring is 1. The molecule has 0 aliphatic heterocycles. The lowest BCUT2D eigenvalue weighted by molar-refractivity contribution is 0.627. The molecule has 3 nitrogen and oxygen atoms in total. The SMILES string of the molecule is Nc1n[nH]c(-c2ccc(F)c(Cl)c2)c1-c1ccc(F)cc1. The first-order valence-corrected chi connectivity index (χ1v) is 6.49. The fourth-order valence-electron chi connectivity index (χ4n) is 2.13. The molecule has 2 aromatic carbocycles. The highest BCUT2D eigenvalue weighted by atomic mass is 35.5. The summed E-state index contributed by atoms with van der Waals surface area (Å²) >= 11 is 5.80. The molecule has 1 aromatic heterocycles. The average molecular weight is 306 g/mol. The second-order valence-electron chi connectivity index (χ2n) is 4.49. The molecule has 0 bridgehead atoms. The van der Waals surface area contributed by atoms with Crippen molar-refractivity contribution >= 4 is 17.4 Å². The molecule has 0 saturated heterocycles. The summed E-state index contributed by atoms with van der Waals surface area (Å²) in [5.41, 5.74) is 8.44. The molecule has 3 rings (SSSR count). The predicted molar refractivity (Wildman–Crippen MR) is 78.8 cm³/mol. The molecule has 1 heterocycles. The Morgan fingerprint density at radius 3 is 2.33 bits per heavy atom. The zero-order chi connectivity index (χ0) is 15.0. The summed E-state index contributed by atoms with van der Waals surface area (Å²) in [6.45, 7) is 0. The molecule has 6 heteroatoms. The number of nitrogens with two attached hydrogens (primary N) is 1. The molecule has 0 aliphatic rings. The van der Waals surface area contributed by atoms with Gasteiger partial charge in [0, 0.05) is 5.56 Å². The quantitative estimate of drug-likeness (QED) is 0.743. The van der Waals surface area contributed by atoms with Gasteiger partial charge in [-0.25, -0.2) is 8.78 Å². The van der Waals surface area contributed by atoms with Crippen LogP contribution in [0, 0.1) is 11.6 Å². The Hall–Kier alpha value is -2.40. The van der Waals surface area contributed by atoms with Crippen molar-refractivity contribution in [3.8, 4) is 22.4 Å². The highest BCUT2D eigenvalue weighted by Gasteiger charge is 2.15. The molecule has 0 atom stereocenters. The van der Waals surface area contributed by atoms with Crippen LogP contribution >= 0.6 is 11.6 Å². The smallest absolute Gasteiger partial charge is 0.153 e. The first-order valence-electron chi connectivity index (χ1n) is 6.11. The van der Waals surface area contributed by atoms with Gasteiger partial charge in [0.25, 0.3) is 0 Å². The first kappa shape index (κ1) is 13.6. The van der Waals surface area contributed by atoms with Gasteiger partial charge in [-0.05, 0) is 35.9 Å². The topological polar surface area (TPSA) is 54.7 Å². The Morgan fingerprint density at radius 2 is 1.67 bits per heavy atom. The van der Waals surface area contributed by atoms with Crippen molar-refractivity contribution in [2.24, 2.45) is 0 Å². The van der Waals surface area contributed by atoms with Crippen LogP contribution in [0.25, 0.3) is 22.4 Å². The van der Waals surface area contributed by atoms with Crippen molar-refractivity contribution in [2.75, 3.05) is 5.73 Å². The summed E-state index contributed by atoms with van der Waals surface area (Å²) < 4.78 is 26.3. The number of nitrogens with one attached hydrogen (secondary N) is 1. The highest BCUT2D eigenvalue weighted by molar-refractivity contribution is 6.31. The minimum absolute atomic E-state index is 0.00530. The van der Waals surface area contributed by atoms with Crippen LogP contribution in [0.15, 0.2) is 42.5 Å². The second-order valence-corrected chi connectivity index (χ2v) is 4.90. The Kier molecular flexibility index (Phi) is 3.35. The van der Waals surface area contributed by atoms with Gasteiger partial charge in [0.1, 0.15) is 11.6 Å². The number of aromatic amines is 1. The molecular formula is C15H10ClF2N3. The molecule has 0 fully saturated rings. The zero-order valence-electron chi connectivity index (χ0n) is 10.7. The van der Waals surface area contributed by atoms with Gasteiger partial charge in [-0.2, -0.15) is 5.10 Å². The van der Waals surface area contributed by atoms with E-state index in [2.05, 4.69) is 10.2 Å². The zero-order valence-corrected chi connectivity index (χ0v) is 11.5. The summed E-state index contributed by atoms with van der Waals surface area (Å²) in [5, 5.41) is 6.77. The van der Waals surface area contributed by atoms with Crippen molar-refractivity contribution in [3.63, 3.8) is 0 Å². The minimum Gasteiger partial charge on any atom is -0.382 e. The van der Waals surface area contributed by atoms with E-state index in [4.69, 9.17) is 17.3 Å². The molecule has 0 saturated carbocycles. The number of aromatic nitrogens is 2. The monoisotopic (exact) mass is 305 g/mol. The van der Waals surface area contributed by atoms with Crippen LogP contribution in [0.1, 0.15) is 0 Å². The number of rotatable bonds is 2. The van der Waals surface area contributed by atoms with E-state index in [1.54, 1.807) is 18.2 Å². The summed E-state index contributed by atoms with van der Waals surface area (Å²) in [4.78, 5) is 0. The van der Waals surface area contributed by atoms with E-state index in [1.807, 2.05) is 0 Å². The van der Waals surface area contributed by atoms with Gasteiger partial charge in [0.2, 0.25) is 0 Å². The van der Waals surface area contributed by atoms with Gasteiger partial charge in [-0.1, -0.05) is 23.7 Å². The van der Waals surface area contributed by atoms with Gasteiger partial charge < -0.3 is 5.73 Å². The normalized spacial score (nSPS) is 10.8. The van der Waals surface area contributed by atoms with Gasteiger partial charge in [-0.15, -0.1) is 0 Å². The largest absolute Gasteiger partial charge is 0.382 e. The van der Waals surface area contributed by atoms with Crippen LogP contribution in [-0.4, -0.2) is 10.2 Å². The average Bonchev–Trinajstić information content (AvgIpc) is 2.85. The van der Waals surface area contributed by atoms with E-state index in [0.717, 1.165) is 0 Å². The van der Waals surface area contributed by atoms with Gasteiger partial charge in [0.15, 0.2) is 5.82 Å². The Bertz CT molecular complexity index is 797. The van der Waals surface area contributed by atoms with Crippen LogP contribution in [0.2, 0.25) is 5.02 Å². The number of halogens is 3. The van der Waals surface area contributed by atoms with Crippen molar-refractivity contribution < 1.29 is 8.78 Å². The predicted octanol–water partition coefficient (Wildman–Crippen LogP) is 4.26. The van der Waals surface area contributed by atoms with Crippen molar-refractivity contribution in [3.05, 3.63) is 59.1 Å². The number of H-pyrrole nitrogens is 1. The number of hydrogen-bond donors (Lipinski definition) is 2. The van der Waals surface area contributed by atoms with E-state index < -0.39 is 5.82 Å². The lowest BCUT2D eigenvalue weighted by atomic mass is 10.0. The fraction of sp³-hybridized carbons (Fsp3) is 0. The number of nitrogens with zero attached hydrogens (tertiary/aromatic N) is 1. The van der Waals surface area contributed by atoms with E-state index >= 15 is 0 Å². The molecule has 0 radical (unpaired) electrons. The van der Waals surface area contributed by atoms with Crippen molar-refractivity contribution in [1.29, 1.82) is 0 Å². The van der Waals surface area contributed by atoms with Gasteiger partial charge in [0.05, 0.1) is 16.3 Å². The summed E-state index contributed by atoms with van der Waals surface area (Å²) in [6.07, 6.45) is 0. The molecular weight excluding hydrogens is 296 g/mol.